The van der Waals surface area contributed by atoms with Gasteiger partial charge in [-0.05, 0) is 57.4 Å². The Balaban J connectivity index is 1.84. The molecule has 2 atom stereocenters. The molecule has 0 spiro atoms. The molecule has 3 rings (SSSR count). The summed E-state index contributed by atoms with van der Waals surface area (Å²) in [5, 5.41) is 0.727. The van der Waals surface area contributed by atoms with Gasteiger partial charge >= 0.3 is 12.1 Å². The number of anilines is 1. The van der Waals surface area contributed by atoms with Gasteiger partial charge in [0.25, 0.3) is 0 Å². The zero-order chi connectivity index (χ0) is 19.8. The van der Waals surface area contributed by atoms with Crippen LogP contribution >= 0.6 is 11.6 Å². The Morgan fingerprint density at radius 2 is 2.00 bits per heavy atom. The fourth-order valence-electron chi connectivity index (χ4n) is 3.90. The molecule has 0 bridgehead atoms. The minimum atomic E-state index is -0.632. The lowest BCUT2D eigenvalue weighted by molar-refractivity contribution is -0.145. The quantitative estimate of drug-likeness (QED) is 0.716. The second kappa shape index (κ2) is 7.58. The number of likely N-dealkylation sites (tertiary alicyclic amines) is 1. The minimum absolute atomic E-state index is 0.0295. The van der Waals surface area contributed by atoms with Gasteiger partial charge in [0, 0.05) is 36.3 Å². The molecule has 27 heavy (non-hydrogen) atoms. The van der Waals surface area contributed by atoms with Crippen LogP contribution in [0.4, 0.5) is 10.5 Å². The zero-order valence-electron chi connectivity index (χ0n) is 16.3. The summed E-state index contributed by atoms with van der Waals surface area (Å²) in [7, 11) is 1.35. The van der Waals surface area contributed by atoms with Gasteiger partial charge in [0.15, 0.2) is 0 Å². The van der Waals surface area contributed by atoms with E-state index in [1.807, 2.05) is 39.0 Å². The number of nitrogens with zero attached hydrogens (tertiary/aromatic N) is 2. The summed E-state index contributed by atoms with van der Waals surface area (Å²) < 4.78 is 10.5. The number of aryl methyl sites for hydroxylation is 1. The van der Waals surface area contributed by atoms with Gasteiger partial charge in [-0.1, -0.05) is 11.6 Å². The van der Waals surface area contributed by atoms with Crippen molar-refractivity contribution in [2.24, 2.45) is 0 Å². The summed E-state index contributed by atoms with van der Waals surface area (Å²) in [5.41, 5.74) is 1.72. The van der Waals surface area contributed by atoms with Crippen molar-refractivity contribution in [1.82, 2.24) is 4.90 Å². The Morgan fingerprint density at radius 3 is 2.67 bits per heavy atom. The average Bonchev–Trinajstić information content (AvgIpc) is 3.04. The molecule has 0 N–H and O–H groups in total. The Hall–Kier alpha value is -1.95. The number of amides is 1. The van der Waals surface area contributed by atoms with Gasteiger partial charge in [0.2, 0.25) is 0 Å². The van der Waals surface area contributed by atoms with Crippen molar-refractivity contribution in [2.75, 3.05) is 25.1 Å². The van der Waals surface area contributed by atoms with Gasteiger partial charge in [-0.25, -0.2) is 9.59 Å². The molecule has 1 fully saturated rings. The highest BCUT2D eigenvalue weighted by Gasteiger charge is 2.44. The highest BCUT2D eigenvalue weighted by Crippen LogP contribution is 2.35. The van der Waals surface area contributed by atoms with Crippen molar-refractivity contribution >= 4 is 29.4 Å². The first-order valence-electron chi connectivity index (χ1n) is 9.32. The van der Waals surface area contributed by atoms with Crippen LogP contribution in [0.1, 0.15) is 39.2 Å². The first kappa shape index (κ1) is 19.8. The predicted molar refractivity (Wildman–Crippen MR) is 104 cm³/mol. The Morgan fingerprint density at radius 1 is 1.26 bits per heavy atom. The van der Waals surface area contributed by atoms with E-state index in [9.17, 15) is 9.59 Å². The molecule has 2 aliphatic rings. The van der Waals surface area contributed by atoms with Crippen LogP contribution in [0, 0.1) is 0 Å². The number of fused-ring (bicyclic) bond motifs is 1. The predicted octanol–water partition coefficient (Wildman–Crippen LogP) is 3.64. The standard InChI is InChI=1S/C20H27ClN2O4/c1-20(2,3)27-19(25)23-12-15(11-17(23)18(24)26-4)22-9-5-6-13-10-14(21)7-8-16(13)22/h7-8,10,15,17H,5-6,9,11-12H2,1-4H3. The van der Waals surface area contributed by atoms with Crippen molar-refractivity contribution in [1.29, 1.82) is 0 Å². The molecule has 1 saturated heterocycles. The summed E-state index contributed by atoms with van der Waals surface area (Å²) in [6, 6.07) is 5.31. The van der Waals surface area contributed by atoms with Crippen LogP contribution in [-0.2, 0) is 20.7 Å². The molecule has 0 aromatic heterocycles. The van der Waals surface area contributed by atoms with Crippen LogP contribution in [0.3, 0.4) is 0 Å². The molecule has 2 heterocycles. The summed E-state index contributed by atoms with van der Waals surface area (Å²) in [6.07, 6.45) is 2.04. The molecular formula is C20H27ClN2O4. The lowest BCUT2D eigenvalue weighted by atomic mass is 9.99. The van der Waals surface area contributed by atoms with E-state index < -0.39 is 23.7 Å². The fourth-order valence-corrected chi connectivity index (χ4v) is 4.09. The number of carbonyl (C=O) groups is 2. The number of halogens is 1. The van der Waals surface area contributed by atoms with Crippen LogP contribution in [0.5, 0.6) is 0 Å². The Kier molecular flexibility index (Phi) is 5.56. The van der Waals surface area contributed by atoms with Crippen LogP contribution in [-0.4, -0.2) is 54.8 Å². The van der Waals surface area contributed by atoms with Crippen molar-refractivity contribution in [3.8, 4) is 0 Å². The van der Waals surface area contributed by atoms with E-state index in [-0.39, 0.29) is 6.04 Å². The molecule has 0 saturated carbocycles. The SMILES string of the molecule is COC(=O)C1CC(N2CCCc3cc(Cl)ccc32)CN1C(=O)OC(C)(C)C. The van der Waals surface area contributed by atoms with Crippen molar-refractivity contribution < 1.29 is 19.1 Å². The molecule has 1 amide bonds. The van der Waals surface area contributed by atoms with E-state index >= 15 is 0 Å². The highest BCUT2D eigenvalue weighted by molar-refractivity contribution is 6.30. The lowest BCUT2D eigenvalue weighted by Gasteiger charge is -2.36. The molecule has 2 unspecified atom stereocenters. The molecule has 2 aliphatic heterocycles. The third-order valence-corrected chi connectivity index (χ3v) is 5.25. The second-order valence-electron chi connectivity index (χ2n) is 8.13. The van der Waals surface area contributed by atoms with Crippen LogP contribution in [0.15, 0.2) is 18.2 Å². The van der Waals surface area contributed by atoms with Gasteiger partial charge in [-0.2, -0.15) is 0 Å². The molecule has 7 heteroatoms. The molecule has 0 aliphatic carbocycles. The van der Waals surface area contributed by atoms with Crippen molar-refractivity contribution in [3.05, 3.63) is 28.8 Å². The van der Waals surface area contributed by atoms with Gasteiger partial charge in [0.1, 0.15) is 11.6 Å². The van der Waals surface area contributed by atoms with E-state index in [1.165, 1.54) is 17.6 Å². The number of methoxy groups -OCH3 is 1. The largest absolute Gasteiger partial charge is 0.467 e. The highest BCUT2D eigenvalue weighted by atomic mass is 35.5. The Labute approximate surface area is 165 Å². The maximum atomic E-state index is 12.7. The van der Waals surface area contributed by atoms with Gasteiger partial charge < -0.3 is 14.4 Å². The monoisotopic (exact) mass is 394 g/mol. The number of esters is 1. The van der Waals surface area contributed by atoms with Gasteiger partial charge in [-0.3, -0.25) is 4.90 Å². The molecule has 148 valence electrons. The van der Waals surface area contributed by atoms with Crippen molar-refractivity contribution in [3.63, 3.8) is 0 Å². The number of hydrogen-bond acceptors (Lipinski definition) is 5. The summed E-state index contributed by atoms with van der Waals surface area (Å²) in [5.74, 6) is -0.406. The van der Waals surface area contributed by atoms with Gasteiger partial charge in [-0.15, -0.1) is 0 Å². The van der Waals surface area contributed by atoms with Crippen LogP contribution < -0.4 is 4.90 Å². The zero-order valence-corrected chi connectivity index (χ0v) is 17.1. The third-order valence-electron chi connectivity index (χ3n) is 5.02. The van der Waals surface area contributed by atoms with Gasteiger partial charge in [0.05, 0.1) is 7.11 Å². The summed E-state index contributed by atoms with van der Waals surface area (Å²) in [6.45, 7) is 6.76. The van der Waals surface area contributed by atoms with Crippen LogP contribution in [0.25, 0.3) is 0 Å². The molecular weight excluding hydrogens is 368 g/mol. The maximum absolute atomic E-state index is 12.7. The lowest BCUT2D eigenvalue weighted by Crippen LogP contribution is -2.45. The number of benzene rings is 1. The molecule has 1 aromatic rings. The first-order chi connectivity index (χ1) is 12.7. The maximum Gasteiger partial charge on any atom is 0.411 e. The first-order valence-corrected chi connectivity index (χ1v) is 9.70. The van der Waals surface area contributed by atoms with E-state index in [0.29, 0.717) is 13.0 Å². The number of ether oxygens (including phenoxy) is 2. The van der Waals surface area contributed by atoms with E-state index in [4.69, 9.17) is 21.1 Å². The third kappa shape index (κ3) is 4.32. The van der Waals surface area contributed by atoms with E-state index in [2.05, 4.69) is 4.90 Å². The smallest absolute Gasteiger partial charge is 0.411 e. The molecule has 0 radical (unpaired) electrons. The normalized spacial score (nSPS) is 22.4. The van der Waals surface area contributed by atoms with Crippen LogP contribution in [0.2, 0.25) is 5.02 Å². The minimum Gasteiger partial charge on any atom is -0.467 e. The fraction of sp³-hybridized carbons (Fsp3) is 0.600. The number of rotatable bonds is 2. The summed E-state index contributed by atoms with van der Waals surface area (Å²) in [4.78, 5) is 28.8. The van der Waals surface area contributed by atoms with E-state index in [0.717, 1.165) is 30.1 Å². The Bertz CT molecular complexity index is 731. The number of carbonyl (C=O) groups excluding carboxylic acids is 2. The van der Waals surface area contributed by atoms with E-state index in [1.54, 1.807) is 0 Å². The topological polar surface area (TPSA) is 59.1 Å². The average molecular weight is 395 g/mol. The number of hydrogen-bond donors (Lipinski definition) is 0. The second-order valence-corrected chi connectivity index (χ2v) is 8.57. The van der Waals surface area contributed by atoms with Crippen molar-refractivity contribution in [2.45, 2.75) is 57.7 Å². The molecule has 1 aromatic carbocycles. The molecule has 6 nitrogen and oxygen atoms in total. The summed E-state index contributed by atoms with van der Waals surface area (Å²) >= 11 is 6.14.